The zero-order valence-electron chi connectivity index (χ0n) is 16.9. The van der Waals surface area contributed by atoms with Gasteiger partial charge < -0.3 is 24.7 Å². The van der Waals surface area contributed by atoms with E-state index in [1.54, 1.807) is 17.8 Å². The predicted molar refractivity (Wildman–Crippen MR) is 124 cm³/mol. The van der Waals surface area contributed by atoms with Crippen molar-refractivity contribution < 1.29 is 24.2 Å². The molecule has 0 aliphatic carbocycles. The highest BCUT2D eigenvalue weighted by molar-refractivity contribution is 7.98. The zero-order chi connectivity index (χ0) is 23.1. The number of ether oxygens (including phenoxy) is 2. The van der Waals surface area contributed by atoms with Crippen molar-refractivity contribution >= 4 is 52.5 Å². The van der Waals surface area contributed by atoms with Crippen molar-refractivity contribution in [1.29, 1.82) is 0 Å². The molecule has 3 aromatic rings. The first-order chi connectivity index (χ1) is 15.4. The van der Waals surface area contributed by atoms with Gasteiger partial charge in [0.1, 0.15) is 24.7 Å². The first-order valence-electron chi connectivity index (χ1n) is 9.39. The fraction of sp³-hybridized carbons (Fsp3) is 0.130. The number of carbonyl (C=O) groups excluding carboxylic acids is 2. The number of aromatic carboxylic acids is 1. The lowest BCUT2D eigenvalue weighted by atomic mass is 10.1. The van der Waals surface area contributed by atoms with Crippen LogP contribution >= 0.6 is 35.0 Å². The third-order valence-electron chi connectivity index (χ3n) is 4.31. The first-order valence-corrected chi connectivity index (χ1v) is 11.4. The Morgan fingerprint density at radius 3 is 2.44 bits per heavy atom. The molecular formula is C23H18Cl2NO5S-. The van der Waals surface area contributed by atoms with Gasteiger partial charge in [-0.2, -0.15) is 0 Å². The van der Waals surface area contributed by atoms with E-state index in [0.29, 0.717) is 10.8 Å². The summed E-state index contributed by atoms with van der Waals surface area (Å²) in [4.78, 5) is 25.1. The molecule has 0 aliphatic rings. The minimum absolute atomic E-state index is 0.0542. The molecule has 1 N–H and O–H groups in total. The lowest BCUT2D eigenvalue weighted by molar-refractivity contribution is -0.254. The van der Waals surface area contributed by atoms with Gasteiger partial charge in [-0.3, -0.25) is 4.79 Å². The number of hydrogen-bond donors (Lipinski definition) is 1. The van der Waals surface area contributed by atoms with Crippen LogP contribution < -0.4 is 19.9 Å². The second kappa shape index (κ2) is 11.1. The van der Waals surface area contributed by atoms with E-state index in [2.05, 4.69) is 5.32 Å². The van der Waals surface area contributed by atoms with Crippen LogP contribution in [-0.2, 0) is 0 Å². The van der Waals surface area contributed by atoms with E-state index < -0.39 is 11.9 Å². The summed E-state index contributed by atoms with van der Waals surface area (Å²) < 4.78 is 11.3. The monoisotopic (exact) mass is 490 g/mol. The molecule has 3 aromatic carbocycles. The molecule has 0 aromatic heterocycles. The number of amides is 1. The smallest absolute Gasteiger partial charge is 0.257 e. The van der Waals surface area contributed by atoms with Crippen LogP contribution in [0.25, 0.3) is 0 Å². The Hall–Kier alpha value is -2.87. The van der Waals surface area contributed by atoms with Gasteiger partial charge >= 0.3 is 0 Å². The van der Waals surface area contributed by atoms with Gasteiger partial charge in [-0.25, -0.2) is 0 Å². The predicted octanol–water partition coefficient (Wildman–Crippen LogP) is 4.79. The molecule has 3 rings (SSSR count). The van der Waals surface area contributed by atoms with Crippen LogP contribution in [0.2, 0.25) is 10.0 Å². The molecule has 0 unspecified atom stereocenters. The van der Waals surface area contributed by atoms with Crippen molar-refractivity contribution in [3.63, 3.8) is 0 Å². The summed E-state index contributed by atoms with van der Waals surface area (Å²) in [5, 5.41) is 14.7. The van der Waals surface area contributed by atoms with Gasteiger partial charge in [-0.1, -0.05) is 35.3 Å². The molecule has 0 atom stereocenters. The largest absolute Gasteiger partial charge is 0.545 e. The Kier molecular flexibility index (Phi) is 8.27. The summed E-state index contributed by atoms with van der Waals surface area (Å²) in [5.41, 5.74) is -0.0172. The number of hydrogen-bond acceptors (Lipinski definition) is 6. The lowest BCUT2D eigenvalue weighted by Gasteiger charge is -2.15. The van der Waals surface area contributed by atoms with Crippen LogP contribution in [0.15, 0.2) is 65.6 Å². The highest BCUT2D eigenvalue weighted by Crippen LogP contribution is 2.27. The van der Waals surface area contributed by atoms with E-state index in [-0.39, 0.29) is 35.1 Å². The van der Waals surface area contributed by atoms with Crippen LogP contribution in [0, 0.1) is 0 Å². The third kappa shape index (κ3) is 6.09. The molecule has 0 radical (unpaired) electrons. The minimum Gasteiger partial charge on any atom is -0.545 e. The molecule has 166 valence electrons. The molecule has 0 saturated heterocycles. The second-order valence-electron chi connectivity index (χ2n) is 6.42. The molecule has 6 nitrogen and oxygen atoms in total. The van der Waals surface area contributed by atoms with Crippen LogP contribution in [0.5, 0.6) is 11.5 Å². The third-order valence-corrected chi connectivity index (χ3v) is 5.64. The zero-order valence-corrected chi connectivity index (χ0v) is 19.2. The summed E-state index contributed by atoms with van der Waals surface area (Å²) in [6.07, 6.45) is 1.96. The summed E-state index contributed by atoms with van der Waals surface area (Å²) >= 11 is 13.5. The number of halogens is 2. The fourth-order valence-electron chi connectivity index (χ4n) is 2.80. The minimum atomic E-state index is -1.46. The Labute approximate surface area is 199 Å². The van der Waals surface area contributed by atoms with Crippen molar-refractivity contribution in [3.8, 4) is 11.5 Å². The highest BCUT2D eigenvalue weighted by Gasteiger charge is 2.14. The van der Waals surface area contributed by atoms with Gasteiger partial charge in [0.05, 0.1) is 22.2 Å². The van der Waals surface area contributed by atoms with Crippen LogP contribution in [0.1, 0.15) is 20.7 Å². The van der Waals surface area contributed by atoms with Crippen molar-refractivity contribution in [2.75, 3.05) is 24.8 Å². The van der Waals surface area contributed by atoms with Crippen molar-refractivity contribution in [2.45, 2.75) is 4.90 Å². The number of para-hydroxylation sites is 1. The average Bonchev–Trinajstić information content (AvgIpc) is 2.77. The number of carboxylic acid groups (broad SMARTS) is 1. The maximum Gasteiger partial charge on any atom is 0.257 e. The molecule has 0 heterocycles. The maximum absolute atomic E-state index is 12.5. The molecule has 0 spiro atoms. The summed E-state index contributed by atoms with van der Waals surface area (Å²) in [6.45, 7) is 0.465. The molecule has 0 aliphatic heterocycles. The average molecular weight is 491 g/mol. The van der Waals surface area contributed by atoms with Gasteiger partial charge in [0.25, 0.3) is 5.91 Å². The van der Waals surface area contributed by atoms with Gasteiger partial charge in [0.2, 0.25) is 0 Å². The number of rotatable bonds is 9. The first kappa shape index (κ1) is 23.8. The Morgan fingerprint density at radius 1 is 0.969 bits per heavy atom. The van der Waals surface area contributed by atoms with Gasteiger partial charge in [0, 0.05) is 15.5 Å². The highest BCUT2D eigenvalue weighted by atomic mass is 35.5. The molecule has 32 heavy (non-hydrogen) atoms. The molecule has 9 heteroatoms. The summed E-state index contributed by atoms with van der Waals surface area (Å²) in [5.74, 6) is -0.992. The van der Waals surface area contributed by atoms with Crippen LogP contribution in [-0.4, -0.2) is 31.3 Å². The summed E-state index contributed by atoms with van der Waals surface area (Å²) in [6, 6.07) is 16.3. The fourth-order valence-corrected chi connectivity index (χ4v) is 3.84. The number of benzene rings is 3. The molecular weight excluding hydrogens is 473 g/mol. The number of nitrogens with one attached hydrogen (secondary N) is 1. The van der Waals surface area contributed by atoms with Gasteiger partial charge in [-0.15, -0.1) is 11.8 Å². The van der Waals surface area contributed by atoms with E-state index in [1.807, 2.05) is 30.5 Å². The summed E-state index contributed by atoms with van der Waals surface area (Å²) in [7, 11) is 0. The van der Waals surface area contributed by atoms with Crippen LogP contribution in [0.4, 0.5) is 5.69 Å². The number of anilines is 1. The molecule has 0 saturated carbocycles. The topological polar surface area (TPSA) is 87.7 Å². The van der Waals surface area contributed by atoms with Crippen LogP contribution in [0.3, 0.4) is 0 Å². The van der Waals surface area contributed by atoms with Crippen molar-refractivity contribution in [1.82, 2.24) is 0 Å². The van der Waals surface area contributed by atoms with E-state index in [1.165, 1.54) is 30.3 Å². The van der Waals surface area contributed by atoms with Crippen molar-refractivity contribution in [2.24, 2.45) is 0 Å². The van der Waals surface area contributed by atoms with Gasteiger partial charge in [-0.05, 0) is 54.8 Å². The second-order valence-corrected chi connectivity index (χ2v) is 8.11. The molecule has 0 bridgehead atoms. The lowest BCUT2D eigenvalue weighted by Crippen LogP contribution is -2.25. The number of carbonyl (C=O) groups is 2. The quantitative estimate of drug-likeness (QED) is 0.342. The van der Waals surface area contributed by atoms with E-state index >= 15 is 0 Å². The Morgan fingerprint density at radius 2 is 1.72 bits per heavy atom. The standard InChI is InChI=1S/C23H19Cl2NO5S/c1-32-21-5-3-2-4-20(21)31-11-10-30-15-7-9-19(17(13-15)23(28)29)26-22(27)16-8-6-14(24)12-18(16)25/h2-9,12-13H,10-11H2,1H3,(H,26,27)(H,28,29)/p-1. The Bertz CT molecular complexity index is 1140. The van der Waals surface area contributed by atoms with Crippen molar-refractivity contribution in [3.05, 3.63) is 81.8 Å². The van der Waals surface area contributed by atoms with E-state index in [4.69, 9.17) is 32.7 Å². The molecule has 0 fully saturated rings. The Balaban J connectivity index is 1.65. The molecule has 1 amide bonds. The van der Waals surface area contributed by atoms with Gasteiger partial charge in [0.15, 0.2) is 0 Å². The number of thioether (sulfide) groups is 1. The SMILES string of the molecule is CSc1ccccc1OCCOc1ccc(NC(=O)c2ccc(Cl)cc2Cl)c(C(=O)[O-])c1. The maximum atomic E-state index is 12.5. The van der Waals surface area contributed by atoms with E-state index in [9.17, 15) is 14.7 Å². The normalized spacial score (nSPS) is 10.5. The van der Waals surface area contributed by atoms with E-state index in [0.717, 1.165) is 10.6 Å². The number of carboxylic acids is 1.